The number of amides is 1. The standard InChI is InChI=1S/C37H60N2O10/c1-10-29(45-9)26(5)34-35(48-34)33(49-36(43)39-20-18-38(8)19-21-39)24(3)13-11-12-23(2)32-25(4)14-15-30(46-27(6)40)37(7,44)17-16-28(41)22-31(42)47-32/h11-15,24-26,28-30,32-35,41,44H,10,16-22H2,1-9H3/b13-11+,15-14+,23-12+. The summed E-state index contributed by atoms with van der Waals surface area (Å²) in [6, 6.07) is 0. The average molecular weight is 693 g/mol. The van der Waals surface area contributed by atoms with Crippen LogP contribution in [0.3, 0.4) is 0 Å². The summed E-state index contributed by atoms with van der Waals surface area (Å²) in [5.41, 5.74) is -0.708. The van der Waals surface area contributed by atoms with E-state index in [1.807, 2.05) is 46.0 Å². The maximum atomic E-state index is 13.3. The first-order chi connectivity index (χ1) is 23.1. The van der Waals surface area contributed by atoms with Crippen LogP contribution in [0.4, 0.5) is 4.79 Å². The Morgan fingerprint density at radius 2 is 1.82 bits per heavy atom. The average Bonchev–Trinajstić information content (AvgIpc) is 3.84. The summed E-state index contributed by atoms with van der Waals surface area (Å²) >= 11 is 0. The van der Waals surface area contributed by atoms with Crippen LogP contribution in [0.2, 0.25) is 0 Å². The second-order valence-electron chi connectivity index (χ2n) is 14.3. The van der Waals surface area contributed by atoms with Gasteiger partial charge in [0.2, 0.25) is 0 Å². The second kappa shape index (κ2) is 18.5. The van der Waals surface area contributed by atoms with Crippen LogP contribution >= 0.6 is 0 Å². The maximum Gasteiger partial charge on any atom is 0.410 e. The Morgan fingerprint density at radius 1 is 1.14 bits per heavy atom. The fraction of sp³-hybridized carbons (Fsp3) is 0.757. The van der Waals surface area contributed by atoms with Gasteiger partial charge in [0.25, 0.3) is 0 Å². The predicted octanol–water partition coefficient (Wildman–Crippen LogP) is 4.04. The molecule has 0 aliphatic carbocycles. The fourth-order valence-corrected chi connectivity index (χ4v) is 6.66. The van der Waals surface area contributed by atoms with E-state index in [1.54, 1.807) is 31.1 Å². The molecule has 12 heteroatoms. The van der Waals surface area contributed by atoms with Gasteiger partial charge in [-0.05, 0) is 51.8 Å². The first-order valence-electron chi connectivity index (χ1n) is 17.7. The first kappa shape index (κ1) is 40.7. The van der Waals surface area contributed by atoms with Crippen molar-refractivity contribution < 1.29 is 48.3 Å². The van der Waals surface area contributed by atoms with Gasteiger partial charge in [-0.25, -0.2) is 4.79 Å². The van der Waals surface area contributed by atoms with Crippen LogP contribution in [0.5, 0.6) is 0 Å². The van der Waals surface area contributed by atoms with Gasteiger partial charge in [0, 0.05) is 58.0 Å². The van der Waals surface area contributed by atoms with E-state index >= 15 is 0 Å². The van der Waals surface area contributed by atoms with Crippen molar-refractivity contribution in [2.24, 2.45) is 17.8 Å². The molecule has 0 radical (unpaired) electrons. The minimum absolute atomic E-state index is 0.0293. The van der Waals surface area contributed by atoms with Crippen molar-refractivity contribution in [2.75, 3.05) is 40.3 Å². The molecule has 12 nitrogen and oxygen atoms in total. The van der Waals surface area contributed by atoms with Crippen LogP contribution < -0.4 is 0 Å². The zero-order valence-corrected chi connectivity index (χ0v) is 30.9. The summed E-state index contributed by atoms with van der Waals surface area (Å²) in [4.78, 5) is 41.9. The summed E-state index contributed by atoms with van der Waals surface area (Å²) in [5.74, 6) is -1.53. The third-order valence-electron chi connectivity index (χ3n) is 10.1. The molecule has 2 N–H and O–H groups in total. The third-order valence-corrected chi connectivity index (χ3v) is 10.1. The molecule has 3 aliphatic heterocycles. The van der Waals surface area contributed by atoms with Gasteiger partial charge in [-0.1, -0.05) is 52.0 Å². The van der Waals surface area contributed by atoms with Crippen molar-refractivity contribution in [3.8, 4) is 0 Å². The molecule has 278 valence electrons. The maximum absolute atomic E-state index is 13.3. The molecule has 3 heterocycles. The normalized spacial score (nSPS) is 33.7. The van der Waals surface area contributed by atoms with Crippen LogP contribution in [0.25, 0.3) is 0 Å². The van der Waals surface area contributed by atoms with Gasteiger partial charge in [-0.2, -0.15) is 0 Å². The molecule has 3 aliphatic rings. The molecular formula is C37H60N2O10. The van der Waals surface area contributed by atoms with E-state index in [0.29, 0.717) is 13.1 Å². The van der Waals surface area contributed by atoms with Gasteiger partial charge in [0.1, 0.15) is 30.0 Å². The molecule has 0 bridgehead atoms. The molecule has 0 aromatic carbocycles. The number of piperazine rings is 1. The van der Waals surface area contributed by atoms with Crippen LogP contribution in [0, 0.1) is 17.8 Å². The number of aliphatic hydroxyl groups excluding tert-OH is 1. The number of carbonyl (C=O) groups excluding carboxylic acids is 3. The Kier molecular flexibility index (Phi) is 15.3. The molecule has 49 heavy (non-hydrogen) atoms. The number of hydrogen-bond donors (Lipinski definition) is 2. The number of epoxide rings is 1. The van der Waals surface area contributed by atoms with Gasteiger partial charge < -0.3 is 43.7 Å². The topological polar surface area (TPSA) is 148 Å². The number of cyclic esters (lactones) is 1. The van der Waals surface area contributed by atoms with Crippen LogP contribution in [-0.2, 0) is 33.3 Å². The number of likely N-dealkylation sites (N-methyl/N-ethyl adjacent to an activating group) is 1. The SMILES string of the molecule is CCC(OC)C(C)C1OC1C(OC(=O)N1CCN(C)CC1)C(C)/C=C/C=C(\C)C1OC(=O)CC(O)CCC(C)(O)C(OC(C)=O)/C=C/C1C. The molecule has 0 aromatic rings. The third kappa shape index (κ3) is 11.9. The lowest BCUT2D eigenvalue weighted by Gasteiger charge is -2.33. The van der Waals surface area contributed by atoms with Crippen molar-refractivity contribution in [2.45, 2.75) is 122 Å². The molecular weight excluding hydrogens is 632 g/mol. The quantitative estimate of drug-likeness (QED) is 0.106. The number of hydrogen-bond acceptors (Lipinski definition) is 11. The smallest absolute Gasteiger partial charge is 0.410 e. The highest BCUT2D eigenvalue weighted by molar-refractivity contribution is 5.70. The Morgan fingerprint density at radius 3 is 2.43 bits per heavy atom. The van der Waals surface area contributed by atoms with Gasteiger partial charge in [0.15, 0.2) is 0 Å². The Balaban J connectivity index is 1.82. The van der Waals surface area contributed by atoms with Gasteiger partial charge in [-0.3, -0.25) is 9.59 Å². The van der Waals surface area contributed by atoms with E-state index < -0.39 is 42.0 Å². The van der Waals surface area contributed by atoms with Crippen molar-refractivity contribution in [3.05, 3.63) is 36.0 Å². The molecule has 0 saturated carbocycles. The summed E-state index contributed by atoms with van der Waals surface area (Å²) < 4.78 is 29.3. The minimum Gasteiger partial charge on any atom is -0.457 e. The van der Waals surface area contributed by atoms with Crippen molar-refractivity contribution in [3.63, 3.8) is 0 Å². The Hall–Kier alpha value is -2.77. The Labute approximate surface area is 292 Å². The molecule has 0 aromatic heterocycles. The fourth-order valence-electron chi connectivity index (χ4n) is 6.66. The number of allylic oxidation sites excluding steroid dienone is 2. The van der Waals surface area contributed by atoms with E-state index in [0.717, 1.165) is 25.1 Å². The Bertz CT molecular complexity index is 1190. The number of rotatable bonds is 11. The second-order valence-corrected chi connectivity index (χ2v) is 14.3. The monoisotopic (exact) mass is 692 g/mol. The first-order valence-corrected chi connectivity index (χ1v) is 17.7. The van der Waals surface area contributed by atoms with E-state index in [-0.39, 0.29) is 61.4 Å². The predicted molar refractivity (Wildman–Crippen MR) is 185 cm³/mol. The number of carbonyl (C=O) groups is 3. The van der Waals surface area contributed by atoms with Gasteiger partial charge in [-0.15, -0.1) is 0 Å². The highest BCUT2D eigenvalue weighted by Gasteiger charge is 2.53. The highest BCUT2D eigenvalue weighted by atomic mass is 16.6. The molecule has 11 unspecified atom stereocenters. The van der Waals surface area contributed by atoms with Crippen LogP contribution in [0.15, 0.2) is 36.0 Å². The summed E-state index contributed by atoms with van der Waals surface area (Å²) in [6.45, 7) is 15.5. The lowest BCUT2D eigenvalue weighted by molar-refractivity contribution is -0.157. The van der Waals surface area contributed by atoms with Crippen molar-refractivity contribution in [1.82, 2.24) is 9.80 Å². The number of aliphatic hydroxyl groups is 2. The summed E-state index contributed by atoms with van der Waals surface area (Å²) in [7, 11) is 3.74. The molecule has 2 saturated heterocycles. The van der Waals surface area contributed by atoms with E-state index in [2.05, 4.69) is 18.7 Å². The molecule has 11 atom stereocenters. The summed E-state index contributed by atoms with van der Waals surface area (Å²) in [5, 5.41) is 21.6. The summed E-state index contributed by atoms with van der Waals surface area (Å²) in [6.07, 6.45) is 6.04. The van der Waals surface area contributed by atoms with Crippen molar-refractivity contribution in [1.29, 1.82) is 0 Å². The zero-order chi connectivity index (χ0) is 36.5. The van der Waals surface area contributed by atoms with Crippen LogP contribution in [-0.4, -0.2) is 127 Å². The number of nitrogens with zero attached hydrogens (tertiary/aromatic N) is 2. The molecule has 1 amide bonds. The molecule has 3 rings (SSSR count). The van der Waals surface area contributed by atoms with E-state index in [9.17, 15) is 24.6 Å². The zero-order valence-electron chi connectivity index (χ0n) is 30.9. The molecule has 0 spiro atoms. The lowest BCUT2D eigenvalue weighted by Crippen LogP contribution is -2.49. The highest BCUT2D eigenvalue weighted by Crippen LogP contribution is 2.39. The van der Waals surface area contributed by atoms with E-state index in [4.69, 9.17) is 23.7 Å². The van der Waals surface area contributed by atoms with Gasteiger partial charge in [0.05, 0.1) is 24.7 Å². The lowest BCUT2D eigenvalue weighted by atomic mass is 9.88. The van der Waals surface area contributed by atoms with Crippen LogP contribution in [0.1, 0.15) is 74.1 Å². The number of esters is 2. The van der Waals surface area contributed by atoms with Gasteiger partial charge >= 0.3 is 18.0 Å². The van der Waals surface area contributed by atoms with E-state index in [1.165, 1.54) is 6.92 Å². The molecule has 2 fully saturated rings. The number of methoxy groups -OCH3 is 1. The largest absolute Gasteiger partial charge is 0.457 e. The minimum atomic E-state index is -1.45. The number of ether oxygens (including phenoxy) is 5. The van der Waals surface area contributed by atoms with Crippen molar-refractivity contribution >= 4 is 18.0 Å².